The highest BCUT2D eigenvalue weighted by atomic mass is 35.5. The molecule has 2 aromatic rings. The van der Waals surface area contributed by atoms with Crippen LogP contribution in [0, 0.1) is 0 Å². The number of nitrogens with zero attached hydrogens (tertiary/aromatic N) is 2. The molecule has 0 fully saturated rings. The summed E-state index contributed by atoms with van der Waals surface area (Å²) in [6.45, 7) is 0.394. The molecule has 0 atom stereocenters. The molecule has 2 N–H and O–H groups in total. The van der Waals surface area contributed by atoms with Crippen LogP contribution in [-0.2, 0) is 13.6 Å². The van der Waals surface area contributed by atoms with Crippen molar-refractivity contribution in [1.82, 2.24) is 15.1 Å². The lowest BCUT2D eigenvalue weighted by molar-refractivity contribution is 0.251. The number of anilines is 1. The summed E-state index contributed by atoms with van der Waals surface area (Å²) < 4.78 is 1.67. The molecule has 0 saturated carbocycles. The number of hydrogen-bond donors (Lipinski definition) is 2. The lowest BCUT2D eigenvalue weighted by Crippen LogP contribution is -2.28. The van der Waals surface area contributed by atoms with E-state index in [0.29, 0.717) is 22.3 Å². The minimum absolute atomic E-state index is 0.340. The molecule has 0 radical (unpaired) electrons. The van der Waals surface area contributed by atoms with Crippen molar-refractivity contribution in [2.45, 2.75) is 6.54 Å². The number of rotatable bonds is 3. The van der Waals surface area contributed by atoms with Crippen molar-refractivity contribution >= 4 is 34.9 Å². The number of aryl methyl sites for hydroxylation is 1. The summed E-state index contributed by atoms with van der Waals surface area (Å²) in [4.78, 5) is 11.7. The van der Waals surface area contributed by atoms with Gasteiger partial charge in [-0.2, -0.15) is 5.10 Å². The summed E-state index contributed by atoms with van der Waals surface area (Å²) in [6.07, 6.45) is 3.52. The number of carbonyl (C=O) groups excluding carboxylic acids is 1. The molecular formula is C12H12Cl2N4O. The van der Waals surface area contributed by atoms with Crippen molar-refractivity contribution in [3.8, 4) is 0 Å². The lowest BCUT2D eigenvalue weighted by atomic mass is 10.3. The van der Waals surface area contributed by atoms with E-state index in [4.69, 9.17) is 23.2 Å². The normalized spacial score (nSPS) is 10.3. The number of benzene rings is 1. The molecule has 0 bridgehead atoms. The van der Waals surface area contributed by atoms with E-state index in [1.54, 1.807) is 29.1 Å². The first-order valence-corrected chi connectivity index (χ1v) is 6.27. The van der Waals surface area contributed by atoms with Crippen LogP contribution in [-0.4, -0.2) is 15.8 Å². The van der Waals surface area contributed by atoms with Gasteiger partial charge in [-0.1, -0.05) is 23.2 Å². The van der Waals surface area contributed by atoms with Gasteiger partial charge in [0.1, 0.15) is 0 Å². The van der Waals surface area contributed by atoms with E-state index < -0.39 is 0 Å². The largest absolute Gasteiger partial charge is 0.334 e. The van der Waals surface area contributed by atoms with Crippen LogP contribution in [0.2, 0.25) is 10.0 Å². The Morgan fingerprint density at radius 1 is 1.42 bits per heavy atom. The van der Waals surface area contributed by atoms with Gasteiger partial charge in [-0.05, 0) is 18.2 Å². The Bertz CT molecular complexity index is 597. The zero-order valence-corrected chi connectivity index (χ0v) is 11.7. The van der Waals surface area contributed by atoms with Crippen LogP contribution in [0.1, 0.15) is 5.56 Å². The van der Waals surface area contributed by atoms with Gasteiger partial charge in [-0.25, -0.2) is 4.79 Å². The maximum absolute atomic E-state index is 11.7. The number of halogens is 2. The third-order valence-electron chi connectivity index (χ3n) is 2.39. The van der Waals surface area contributed by atoms with Gasteiger partial charge in [0.25, 0.3) is 0 Å². The first kappa shape index (κ1) is 13.7. The fourth-order valence-corrected chi connectivity index (χ4v) is 1.96. The molecule has 0 aliphatic rings. The molecule has 19 heavy (non-hydrogen) atoms. The highest BCUT2D eigenvalue weighted by Crippen LogP contribution is 2.25. The molecule has 0 saturated heterocycles. The minimum Gasteiger partial charge on any atom is -0.334 e. The second kappa shape index (κ2) is 5.95. The van der Waals surface area contributed by atoms with Crippen molar-refractivity contribution in [3.05, 3.63) is 46.2 Å². The molecule has 1 heterocycles. The van der Waals surface area contributed by atoms with Crippen LogP contribution in [0.25, 0.3) is 0 Å². The molecule has 1 aromatic heterocycles. The van der Waals surface area contributed by atoms with Gasteiger partial charge in [-0.15, -0.1) is 0 Å². The Balaban J connectivity index is 1.90. The Morgan fingerprint density at radius 3 is 2.84 bits per heavy atom. The van der Waals surface area contributed by atoms with Crippen molar-refractivity contribution in [3.63, 3.8) is 0 Å². The van der Waals surface area contributed by atoms with E-state index >= 15 is 0 Å². The van der Waals surface area contributed by atoms with Gasteiger partial charge >= 0.3 is 6.03 Å². The predicted octanol–water partition coefficient (Wildman–Crippen LogP) is 3.05. The van der Waals surface area contributed by atoms with Crippen LogP contribution in [0.3, 0.4) is 0 Å². The Hall–Kier alpha value is -1.72. The third kappa shape index (κ3) is 3.87. The molecule has 0 aliphatic heterocycles. The predicted molar refractivity (Wildman–Crippen MR) is 75.5 cm³/mol. The smallest absolute Gasteiger partial charge is 0.319 e. The standard InChI is InChI=1S/C12H12Cl2N4O/c1-18-7-8(6-16-18)5-15-12(19)17-11-3-2-9(13)4-10(11)14/h2-4,6-7H,5H2,1H3,(H2,15,17,19). The van der Waals surface area contributed by atoms with E-state index in [-0.39, 0.29) is 6.03 Å². The monoisotopic (exact) mass is 298 g/mol. The lowest BCUT2D eigenvalue weighted by Gasteiger charge is -2.08. The molecule has 0 aliphatic carbocycles. The topological polar surface area (TPSA) is 59.0 Å². The van der Waals surface area contributed by atoms with Crippen LogP contribution < -0.4 is 10.6 Å². The van der Waals surface area contributed by atoms with Crippen molar-refractivity contribution < 1.29 is 4.79 Å². The fraction of sp³-hybridized carbons (Fsp3) is 0.167. The molecular weight excluding hydrogens is 287 g/mol. The summed E-state index contributed by atoms with van der Waals surface area (Å²) in [5.41, 5.74) is 1.43. The van der Waals surface area contributed by atoms with Crippen molar-refractivity contribution in [2.24, 2.45) is 7.05 Å². The van der Waals surface area contributed by atoms with Gasteiger partial charge in [0.2, 0.25) is 0 Å². The Morgan fingerprint density at radius 2 is 2.21 bits per heavy atom. The second-order valence-corrected chi connectivity index (χ2v) is 4.80. The first-order valence-electron chi connectivity index (χ1n) is 5.52. The number of amides is 2. The second-order valence-electron chi connectivity index (χ2n) is 3.95. The number of hydrogen-bond acceptors (Lipinski definition) is 2. The summed E-state index contributed by atoms with van der Waals surface area (Å²) in [6, 6.07) is 4.53. The minimum atomic E-state index is -0.340. The average Bonchev–Trinajstić information content (AvgIpc) is 2.76. The fourth-order valence-electron chi connectivity index (χ4n) is 1.50. The van der Waals surface area contributed by atoms with E-state index in [9.17, 15) is 4.79 Å². The van der Waals surface area contributed by atoms with E-state index in [0.717, 1.165) is 5.56 Å². The third-order valence-corrected chi connectivity index (χ3v) is 2.94. The van der Waals surface area contributed by atoms with Gasteiger partial charge in [0.15, 0.2) is 0 Å². The number of aromatic nitrogens is 2. The zero-order valence-electron chi connectivity index (χ0n) is 10.2. The van der Waals surface area contributed by atoms with E-state index in [1.807, 2.05) is 13.2 Å². The van der Waals surface area contributed by atoms with Gasteiger partial charge in [0, 0.05) is 30.4 Å². The molecule has 0 unspecified atom stereocenters. The van der Waals surface area contributed by atoms with Gasteiger partial charge < -0.3 is 10.6 Å². The summed E-state index contributed by atoms with van der Waals surface area (Å²) in [5, 5.41) is 10.3. The van der Waals surface area contributed by atoms with E-state index in [2.05, 4.69) is 15.7 Å². The maximum atomic E-state index is 11.7. The average molecular weight is 299 g/mol. The molecule has 100 valence electrons. The SMILES string of the molecule is Cn1cc(CNC(=O)Nc2ccc(Cl)cc2Cl)cn1. The molecule has 1 aromatic carbocycles. The first-order chi connectivity index (χ1) is 9.04. The van der Waals surface area contributed by atoms with Crippen LogP contribution in [0.15, 0.2) is 30.6 Å². The molecule has 2 rings (SSSR count). The van der Waals surface area contributed by atoms with Crippen molar-refractivity contribution in [1.29, 1.82) is 0 Å². The maximum Gasteiger partial charge on any atom is 0.319 e. The molecule has 5 nitrogen and oxygen atoms in total. The van der Waals surface area contributed by atoms with Crippen LogP contribution in [0.4, 0.5) is 10.5 Å². The summed E-state index contributed by atoms with van der Waals surface area (Å²) in [7, 11) is 1.82. The summed E-state index contributed by atoms with van der Waals surface area (Å²) in [5.74, 6) is 0. The molecule has 7 heteroatoms. The highest BCUT2D eigenvalue weighted by molar-refractivity contribution is 6.36. The zero-order chi connectivity index (χ0) is 13.8. The molecule has 0 spiro atoms. The number of urea groups is 1. The van der Waals surface area contributed by atoms with Gasteiger partial charge in [-0.3, -0.25) is 4.68 Å². The quantitative estimate of drug-likeness (QED) is 0.915. The van der Waals surface area contributed by atoms with Crippen LogP contribution >= 0.6 is 23.2 Å². The Kier molecular flexibility index (Phi) is 4.29. The Labute approximate surface area is 120 Å². The van der Waals surface area contributed by atoms with Gasteiger partial charge in [0.05, 0.1) is 16.9 Å². The van der Waals surface area contributed by atoms with E-state index in [1.165, 1.54) is 0 Å². The summed E-state index contributed by atoms with van der Waals surface area (Å²) >= 11 is 11.7. The molecule has 2 amide bonds. The van der Waals surface area contributed by atoms with Crippen LogP contribution in [0.5, 0.6) is 0 Å². The number of carbonyl (C=O) groups is 1. The highest BCUT2D eigenvalue weighted by Gasteiger charge is 2.06. The van der Waals surface area contributed by atoms with Crippen molar-refractivity contribution in [2.75, 3.05) is 5.32 Å². The number of nitrogens with one attached hydrogen (secondary N) is 2.